The average Bonchev–Trinajstić information content (AvgIpc) is 1.37. The Balaban J connectivity index is 2.30. The topological polar surface area (TPSA) is 0 Å². The van der Waals surface area contributed by atoms with E-state index in [0.717, 1.165) is 0 Å². The van der Waals surface area contributed by atoms with Gasteiger partial charge in [-0.05, 0) is 0 Å². The molecule has 0 aromatic rings. The zero-order valence-electron chi connectivity index (χ0n) is 2.14. The minimum atomic E-state index is 0.296. The van der Waals surface area contributed by atoms with Gasteiger partial charge in [0, 0.05) is 0 Å². The Kier molecular flexibility index (Phi) is 5.74. The number of hydrogen-bond acceptors (Lipinski definition) is 0. The first-order chi connectivity index (χ1) is 1.91. The first kappa shape index (κ1) is 5.32. The van der Waals surface area contributed by atoms with Crippen molar-refractivity contribution in [3.8, 4) is 0 Å². The molecule has 0 spiro atoms. The Bertz CT molecular complexity index is 18.0. The van der Waals surface area contributed by atoms with Crippen LogP contribution < -0.4 is 0 Å². The molecule has 0 saturated heterocycles. The monoisotopic (exact) mass is 288 g/mol. The Morgan fingerprint density at radius 3 is 2.25 bits per heavy atom. The van der Waals surface area contributed by atoms with Gasteiger partial charge in [0.2, 0.25) is 0 Å². The van der Waals surface area contributed by atoms with E-state index < -0.39 is 0 Å². The van der Waals surface area contributed by atoms with Crippen LogP contribution in [0, 0.1) is 0 Å². The molecule has 0 radical (unpaired) electrons. The van der Waals surface area contributed by atoms with Gasteiger partial charge in [-0.3, -0.25) is 0 Å². The molecule has 0 bridgehead atoms. The van der Waals surface area contributed by atoms with Crippen LogP contribution in [0.2, 0.25) is 0 Å². The quantitative estimate of drug-likeness (QED) is 0.577. The van der Waals surface area contributed by atoms with Crippen molar-refractivity contribution in [3.63, 3.8) is 0 Å². The third-order valence-corrected chi connectivity index (χ3v) is 3.35. The molecule has 0 aliphatic heterocycles. The van der Waals surface area contributed by atoms with E-state index in [4.69, 9.17) is 0 Å². The third-order valence-electron chi connectivity index (χ3n) is 0.0745. The normalized spacial score (nSPS) is 6.25. The molecule has 0 amide bonds. The standard InChI is InChI=1S/C2H4Te2/c1-2-4-3/h2-3H,1H2. The summed E-state index contributed by atoms with van der Waals surface area (Å²) < 4.78 is 2.03. The van der Waals surface area contributed by atoms with E-state index in [1.807, 2.05) is 22.6 Å². The van der Waals surface area contributed by atoms with E-state index in [1.165, 1.54) is 0 Å². The Morgan fingerprint density at radius 2 is 2.25 bits per heavy atom. The molecule has 4 heavy (non-hydrogen) atoms. The molecule has 0 rings (SSSR count). The van der Waals surface area contributed by atoms with Gasteiger partial charge < -0.3 is 0 Å². The molecule has 0 unspecified atom stereocenters. The summed E-state index contributed by atoms with van der Waals surface area (Å²) in [7, 11) is 0. The van der Waals surface area contributed by atoms with Crippen molar-refractivity contribution < 1.29 is 0 Å². The van der Waals surface area contributed by atoms with E-state index in [1.54, 1.807) is 0 Å². The van der Waals surface area contributed by atoms with Crippen molar-refractivity contribution in [1.29, 1.82) is 0 Å². The summed E-state index contributed by atoms with van der Waals surface area (Å²) in [5.74, 6) is 0. The van der Waals surface area contributed by atoms with E-state index in [0.29, 0.717) is 17.1 Å². The van der Waals surface area contributed by atoms with Crippen LogP contribution in [0.1, 0.15) is 0 Å². The van der Waals surface area contributed by atoms with Gasteiger partial charge >= 0.3 is 46.2 Å². The summed E-state index contributed by atoms with van der Waals surface area (Å²) in [5.41, 5.74) is 0. The molecular formula is C2H4Te2. The second kappa shape index (κ2) is 4.32. The van der Waals surface area contributed by atoms with Crippen molar-refractivity contribution in [2.75, 3.05) is 0 Å². The van der Waals surface area contributed by atoms with Crippen LogP contribution in [0.25, 0.3) is 0 Å². The van der Waals surface area contributed by atoms with Crippen molar-refractivity contribution in [1.82, 2.24) is 0 Å². The third kappa shape index (κ3) is 3.32. The SMILES string of the molecule is C=C[Te][TeH]. The van der Waals surface area contributed by atoms with Crippen molar-refractivity contribution >= 4 is 35.5 Å². The Hall–Kier alpha value is 1.32. The second-order valence-electron chi connectivity index (χ2n) is 0.272. The van der Waals surface area contributed by atoms with Crippen LogP contribution >= 0.6 is 0 Å². The maximum atomic E-state index is 3.55. The summed E-state index contributed by atoms with van der Waals surface area (Å²) >= 11 is 2.20. The number of rotatable bonds is 1. The fourth-order valence-corrected chi connectivity index (χ4v) is 0. The Labute approximate surface area is 45.8 Å². The molecule has 24 valence electrons. The summed E-state index contributed by atoms with van der Waals surface area (Å²) in [5, 5.41) is 0. The molecule has 0 aliphatic rings. The summed E-state index contributed by atoms with van der Waals surface area (Å²) in [4.78, 5) is 0. The molecular weight excluding hydrogens is 279 g/mol. The van der Waals surface area contributed by atoms with E-state index in [2.05, 4.69) is 6.58 Å². The molecule has 0 aromatic carbocycles. The predicted octanol–water partition coefficient (Wildman–Crippen LogP) is -0.350. The molecule has 0 N–H and O–H groups in total. The van der Waals surface area contributed by atoms with Crippen molar-refractivity contribution in [2.24, 2.45) is 0 Å². The van der Waals surface area contributed by atoms with Gasteiger partial charge in [0.1, 0.15) is 0 Å². The van der Waals surface area contributed by atoms with Crippen LogP contribution in [0.4, 0.5) is 0 Å². The summed E-state index contributed by atoms with van der Waals surface area (Å²) in [6.07, 6.45) is 0. The minimum absolute atomic E-state index is 0.296. The average molecular weight is 283 g/mol. The molecule has 0 nitrogen and oxygen atoms in total. The molecule has 0 saturated carbocycles. The first-order valence-electron chi connectivity index (χ1n) is 0.827. The van der Waals surface area contributed by atoms with E-state index in [9.17, 15) is 0 Å². The van der Waals surface area contributed by atoms with Crippen LogP contribution in [-0.2, 0) is 0 Å². The molecule has 0 heterocycles. The van der Waals surface area contributed by atoms with Gasteiger partial charge in [0.05, 0.1) is 0 Å². The first-order valence-corrected chi connectivity index (χ1v) is 10.2. The van der Waals surface area contributed by atoms with Crippen LogP contribution in [0.3, 0.4) is 0 Å². The van der Waals surface area contributed by atoms with Crippen LogP contribution in [-0.4, -0.2) is 35.5 Å². The van der Waals surface area contributed by atoms with E-state index in [-0.39, 0.29) is 0 Å². The van der Waals surface area contributed by atoms with Crippen molar-refractivity contribution in [2.45, 2.75) is 0 Å². The van der Waals surface area contributed by atoms with Crippen molar-refractivity contribution in [3.05, 3.63) is 10.7 Å². The molecule has 0 aliphatic carbocycles. The van der Waals surface area contributed by atoms with Crippen LogP contribution in [0.5, 0.6) is 0 Å². The van der Waals surface area contributed by atoms with Gasteiger partial charge in [-0.15, -0.1) is 0 Å². The second-order valence-corrected chi connectivity index (χ2v) is 5.86. The fourth-order valence-electron chi connectivity index (χ4n) is 0. The molecule has 0 fully saturated rings. The van der Waals surface area contributed by atoms with Gasteiger partial charge in [-0.2, -0.15) is 0 Å². The molecule has 0 aromatic heterocycles. The van der Waals surface area contributed by atoms with Crippen LogP contribution in [0.15, 0.2) is 10.7 Å². The van der Waals surface area contributed by atoms with Gasteiger partial charge in [-0.25, -0.2) is 0 Å². The molecule has 2 heteroatoms. The van der Waals surface area contributed by atoms with Gasteiger partial charge in [-0.1, -0.05) is 0 Å². The zero-order chi connectivity index (χ0) is 3.41. The van der Waals surface area contributed by atoms with E-state index >= 15 is 0 Å². The summed E-state index contributed by atoms with van der Waals surface area (Å²) in [6, 6.07) is 0. The maximum absolute atomic E-state index is 3.55. The van der Waals surface area contributed by atoms with Gasteiger partial charge in [0.15, 0.2) is 0 Å². The molecule has 0 atom stereocenters. The predicted molar refractivity (Wildman–Crippen MR) is 23.1 cm³/mol. The zero-order valence-corrected chi connectivity index (χ0v) is 7.02. The fraction of sp³-hybridized carbons (Fsp3) is 0. The Morgan fingerprint density at radius 1 is 2.00 bits per heavy atom. The van der Waals surface area contributed by atoms with Gasteiger partial charge in [0.25, 0.3) is 0 Å². The summed E-state index contributed by atoms with van der Waals surface area (Å²) in [6.45, 7) is 3.55. The number of hydrogen-bond donors (Lipinski definition) is 0.